The van der Waals surface area contributed by atoms with Crippen LogP contribution < -0.4 is 10.9 Å². The first-order valence-corrected chi connectivity index (χ1v) is 7.75. The van der Waals surface area contributed by atoms with E-state index in [0.717, 1.165) is 5.56 Å². The van der Waals surface area contributed by atoms with Gasteiger partial charge in [0.1, 0.15) is 0 Å². The fourth-order valence-electron chi connectivity index (χ4n) is 1.59. The molecule has 0 bridgehead atoms. The molecule has 0 spiro atoms. The molecule has 2 amide bonds. The number of carbonyl (C=O) groups is 2. The molecule has 20 heavy (non-hydrogen) atoms. The minimum atomic E-state index is -0.346. The van der Waals surface area contributed by atoms with Crippen LogP contribution in [-0.4, -0.2) is 11.8 Å². The summed E-state index contributed by atoms with van der Waals surface area (Å²) in [5.41, 5.74) is 6.42. The Bertz CT molecular complexity index is 599. The fraction of sp³-hybridized carbons (Fsp3) is 0.143. The molecule has 0 saturated heterocycles. The van der Waals surface area contributed by atoms with Crippen molar-refractivity contribution in [2.24, 2.45) is 0 Å². The summed E-state index contributed by atoms with van der Waals surface area (Å²) in [5, 5.41) is 3.98. The first kappa shape index (κ1) is 14.7. The molecule has 0 atom stereocenters. The number of hydrogen-bond donors (Lipinski definition) is 2. The number of aryl methyl sites for hydroxylation is 1. The monoisotopic (exact) mass is 352 g/mol. The van der Waals surface area contributed by atoms with E-state index in [1.165, 1.54) is 0 Å². The summed E-state index contributed by atoms with van der Waals surface area (Å²) >= 11 is 4.89. The van der Waals surface area contributed by atoms with Gasteiger partial charge in [0.2, 0.25) is 5.91 Å². The molecular formula is C14H13BrN2O2S. The zero-order valence-electron chi connectivity index (χ0n) is 10.6. The predicted molar refractivity (Wildman–Crippen MR) is 82.4 cm³/mol. The average Bonchev–Trinajstić information content (AvgIpc) is 2.96. The maximum atomic E-state index is 11.8. The molecule has 0 aliphatic heterocycles. The lowest BCUT2D eigenvalue weighted by Gasteiger charge is -2.08. The maximum Gasteiger partial charge on any atom is 0.270 e. The first-order chi connectivity index (χ1) is 9.66. The minimum Gasteiger partial charge on any atom is -0.273 e. The first-order valence-electron chi connectivity index (χ1n) is 6.01. The topological polar surface area (TPSA) is 58.2 Å². The van der Waals surface area contributed by atoms with E-state index in [0.29, 0.717) is 22.9 Å². The van der Waals surface area contributed by atoms with Gasteiger partial charge in [-0.3, -0.25) is 20.4 Å². The Morgan fingerprint density at radius 1 is 1.15 bits per heavy atom. The largest absolute Gasteiger partial charge is 0.273 e. The van der Waals surface area contributed by atoms with Crippen molar-refractivity contribution in [3.8, 4) is 0 Å². The van der Waals surface area contributed by atoms with Crippen LogP contribution >= 0.6 is 27.3 Å². The van der Waals surface area contributed by atoms with Crippen molar-refractivity contribution in [3.63, 3.8) is 0 Å². The molecule has 1 heterocycles. The average molecular weight is 353 g/mol. The van der Waals surface area contributed by atoms with Crippen LogP contribution in [0.4, 0.5) is 0 Å². The van der Waals surface area contributed by atoms with Crippen LogP contribution in [0.15, 0.2) is 45.6 Å². The van der Waals surface area contributed by atoms with E-state index in [4.69, 9.17) is 0 Å². The van der Waals surface area contributed by atoms with E-state index in [1.807, 2.05) is 22.9 Å². The van der Waals surface area contributed by atoms with E-state index in [-0.39, 0.29) is 11.8 Å². The number of rotatable bonds is 4. The molecule has 0 aliphatic carbocycles. The molecule has 2 rings (SSSR count). The zero-order valence-corrected chi connectivity index (χ0v) is 13.0. The number of hydrogen-bond acceptors (Lipinski definition) is 3. The van der Waals surface area contributed by atoms with Crippen LogP contribution in [0.3, 0.4) is 0 Å². The normalized spacial score (nSPS) is 10.1. The van der Waals surface area contributed by atoms with Crippen molar-refractivity contribution in [2.45, 2.75) is 12.8 Å². The summed E-state index contributed by atoms with van der Waals surface area (Å²) in [6.45, 7) is 0. The molecule has 0 saturated carbocycles. The highest BCUT2D eigenvalue weighted by Gasteiger charge is 2.10. The number of nitrogens with one attached hydrogen (secondary N) is 2. The summed E-state index contributed by atoms with van der Waals surface area (Å²) in [7, 11) is 0. The Morgan fingerprint density at radius 2 is 1.95 bits per heavy atom. The van der Waals surface area contributed by atoms with Gasteiger partial charge in [0.15, 0.2) is 0 Å². The van der Waals surface area contributed by atoms with Gasteiger partial charge in [-0.15, -0.1) is 0 Å². The third-order valence-corrected chi connectivity index (χ3v) is 4.08. The zero-order chi connectivity index (χ0) is 14.4. The molecule has 2 aromatic rings. The van der Waals surface area contributed by atoms with Gasteiger partial charge >= 0.3 is 0 Å². The molecule has 6 heteroatoms. The van der Waals surface area contributed by atoms with Crippen molar-refractivity contribution in [1.29, 1.82) is 0 Å². The second-order valence-electron chi connectivity index (χ2n) is 4.11. The Labute approximate surface area is 129 Å². The number of halogens is 1. The van der Waals surface area contributed by atoms with Gasteiger partial charge in [-0.2, -0.15) is 11.3 Å². The molecule has 1 aromatic heterocycles. The minimum absolute atomic E-state index is 0.211. The Morgan fingerprint density at radius 3 is 2.65 bits per heavy atom. The highest BCUT2D eigenvalue weighted by Crippen LogP contribution is 2.15. The van der Waals surface area contributed by atoms with E-state index in [1.54, 1.807) is 29.5 Å². The number of carbonyl (C=O) groups excluding carboxylic acids is 2. The van der Waals surface area contributed by atoms with Crippen molar-refractivity contribution in [3.05, 3.63) is 56.7 Å². The number of amides is 2. The summed E-state index contributed by atoms with van der Waals surface area (Å²) in [5.74, 6) is -0.557. The molecule has 0 fully saturated rings. The van der Waals surface area contributed by atoms with Crippen molar-refractivity contribution in [2.75, 3.05) is 0 Å². The Hall–Kier alpha value is -1.66. The number of benzene rings is 1. The Balaban J connectivity index is 1.78. The second kappa shape index (κ2) is 7.21. The number of thiophene rings is 1. The van der Waals surface area contributed by atoms with E-state index in [9.17, 15) is 9.59 Å². The molecule has 1 aromatic carbocycles. The fourth-order valence-corrected chi connectivity index (χ4v) is 2.76. The molecule has 0 unspecified atom stereocenters. The van der Waals surface area contributed by atoms with Crippen LogP contribution in [0, 0.1) is 0 Å². The van der Waals surface area contributed by atoms with Gasteiger partial charge < -0.3 is 0 Å². The highest BCUT2D eigenvalue weighted by molar-refractivity contribution is 9.10. The van der Waals surface area contributed by atoms with E-state index >= 15 is 0 Å². The van der Waals surface area contributed by atoms with Gasteiger partial charge in [-0.1, -0.05) is 12.1 Å². The molecule has 0 radical (unpaired) electrons. The van der Waals surface area contributed by atoms with Gasteiger partial charge in [0.05, 0.1) is 5.56 Å². The van der Waals surface area contributed by atoms with Crippen molar-refractivity contribution >= 4 is 39.1 Å². The smallest absolute Gasteiger partial charge is 0.270 e. The lowest BCUT2D eigenvalue weighted by Crippen LogP contribution is -2.41. The highest BCUT2D eigenvalue weighted by atomic mass is 79.9. The summed E-state index contributed by atoms with van der Waals surface area (Å²) in [6.07, 6.45) is 1.01. The molecular weight excluding hydrogens is 340 g/mol. The molecule has 4 nitrogen and oxygen atoms in total. The van der Waals surface area contributed by atoms with Crippen molar-refractivity contribution < 1.29 is 9.59 Å². The summed E-state index contributed by atoms with van der Waals surface area (Å²) in [6, 6.07) is 9.01. The van der Waals surface area contributed by atoms with Crippen LogP contribution in [0.2, 0.25) is 0 Å². The van der Waals surface area contributed by atoms with Crippen LogP contribution in [0.5, 0.6) is 0 Å². The van der Waals surface area contributed by atoms with Gasteiger partial charge in [0, 0.05) is 10.9 Å². The van der Waals surface area contributed by atoms with Crippen LogP contribution in [0.1, 0.15) is 22.3 Å². The van der Waals surface area contributed by atoms with E-state index < -0.39 is 0 Å². The van der Waals surface area contributed by atoms with E-state index in [2.05, 4.69) is 26.8 Å². The van der Waals surface area contributed by atoms with Gasteiger partial charge in [0.25, 0.3) is 5.91 Å². The quantitative estimate of drug-likeness (QED) is 0.831. The van der Waals surface area contributed by atoms with Crippen LogP contribution in [0.25, 0.3) is 0 Å². The third kappa shape index (κ3) is 4.18. The molecule has 0 aliphatic rings. The molecule has 104 valence electrons. The summed E-state index contributed by atoms with van der Waals surface area (Å²) in [4.78, 5) is 23.5. The van der Waals surface area contributed by atoms with Gasteiger partial charge in [-0.05, 0) is 56.9 Å². The second-order valence-corrected chi connectivity index (χ2v) is 5.75. The van der Waals surface area contributed by atoms with Gasteiger partial charge in [-0.25, -0.2) is 0 Å². The van der Waals surface area contributed by atoms with Crippen LogP contribution in [-0.2, 0) is 11.2 Å². The number of hydrazine groups is 1. The SMILES string of the molecule is O=C(CCc1ccsc1)NNC(=O)c1ccccc1Br. The lowest BCUT2D eigenvalue weighted by molar-refractivity contribution is -0.121. The Kier molecular flexibility index (Phi) is 5.31. The third-order valence-electron chi connectivity index (χ3n) is 2.65. The predicted octanol–water partition coefficient (Wildman–Crippen LogP) is 2.90. The molecule has 2 N–H and O–H groups in total. The maximum absolute atomic E-state index is 11.8. The van der Waals surface area contributed by atoms with Crippen molar-refractivity contribution in [1.82, 2.24) is 10.9 Å². The summed E-state index contributed by atoms with van der Waals surface area (Å²) < 4.78 is 0.685. The standard InChI is InChI=1S/C14H13BrN2O2S/c15-12-4-2-1-3-11(12)14(19)17-16-13(18)6-5-10-7-8-20-9-10/h1-4,7-9H,5-6H2,(H,16,18)(H,17,19). The lowest BCUT2D eigenvalue weighted by atomic mass is 10.2.